The highest BCUT2D eigenvalue weighted by Crippen LogP contribution is 2.36. The fourth-order valence-electron chi connectivity index (χ4n) is 3.26. The van der Waals surface area contributed by atoms with Crippen LogP contribution < -0.4 is 11.1 Å². The van der Waals surface area contributed by atoms with Gasteiger partial charge >= 0.3 is 0 Å². The molecular weight excluding hydrogens is 312 g/mol. The molecule has 0 amide bonds. The molecule has 3 rings (SSSR count). The molecule has 0 saturated carbocycles. The third kappa shape index (κ3) is 3.57. The summed E-state index contributed by atoms with van der Waals surface area (Å²) in [7, 11) is 0. The zero-order chi connectivity index (χ0) is 16.3. The van der Waals surface area contributed by atoms with E-state index in [1.165, 1.54) is 11.1 Å². The monoisotopic (exact) mass is 332 g/mol. The van der Waals surface area contributed by atoms with E-state index in [0.29, 0.717) is 11.0 Å². The SMILES string of the molecule is Cc1ccccc1C1(CNc2cc(Cl)nc(N)n2)CCOCC1. The van der Waals surface area contributed by atoms with E-state index in [1.807, 2.05) is 0 Å². The molecule has 1 aliphatic heterocycles. The maximum Gasteiger partial charge on any atom is 0.223 e. The van der Waals surface area contributed by atoms with E-state index in [0.717, 1.165) is 32.6 Å². The summed E-state index contributed by atoms with van der Waals surface area (Å²) in [5, 5.41) is 3.74. The summed E-state index contributed by atoms with van der Waals surface area (Å²) in [5.41, 5.74) is 8.36. The minimum atomic E-state index is 0.0236. The van der Waals surface area contributed by atoms with E-state index in [-0.39, 0.29) is 11.4 Å². The molecule has 6 heteroatoms. The number of hydrogen-bond acceptors (Lipinski definition) is 5. The Hall–Kier alpha value is -1.85. The zero-order valence-corrected chi connectivity index (χ0v) is 13.9. The molecule has 1 saturated heterocycles. The lowest BCUT2D eigenvalue weighted by Crippen LogP contribution is -2.40. The van der Waals surface area contributed by atoms with Gasteiger partial charge in [0.05, 0.1) is 0 Å². The molecule has 5 nitrogen and oxygen atoms in total. The number of ether oxygens (including phenoxy) is 1. The number of halogens is 1. The van der Waals surface area contributed by atoms with Gasteiger partial charge in [0.15, 0.2) is 0 Å². The van der Waals surface area contributed by atoms with Gasteiger partial charge in [-0.3, -0.25) is 0 Å². The summed E-state index contributed by atoms with van der Waals surface area (Å²) in [4.78, 5) is 8.10. The summed E-state index contributed by atoms with van der Waals surface area (Å²) in [6.07, 6.45) is 1.94. The highest BCUT2D eigenvalue weighted by molar-refractivity contribution is 6.29. The van der Waals surface area contributed by atoms with Crippen LogP contribution in [0.4, 0.5) is 11.8 Å². The van der Waals surface area contributed by atoms with Crippen molar-refractivity contribution in [3.8, 4) is 0 Å². The molecule has 1 aromatic heterocycles. The predicted octanol–water partition coefficient (Wildman–Crippen LogP) is 3.18. The number of hydrogen-bond donors (Lipinski definition) is 2. The van der Waals surface area contributed by atoms with Crippen LogP contribution in [-0.2, 0) is 10.2 Å². The van der Waals surface area contributed by atoms with E-state index in [1.54, 1.807) is 6.07 Å². The standard InChI is InChI=1S/C17H21ClN4O/c1-12-4-2-3-5-13(12)17(6-8-23-9-7-17)11-20-15-10-14(18)21-16(19)22-15/h2-5,10H,6-9,11H2,1H3,(H3,19,20,21,22). The summed E-state index contributed by atoms with van der Waals surface area (Å²) in [5.74, 6) is 0.832. The minimum absolute atomic E-state index is 0.0236. The van der Waals surface area contributed by atoms with Crippen LogP contribution in [0.2, 0.25) is 5.15 Å². The van der Waals surface area contributed by atoms with Crippen LogP contribution >= 0.6 is 11.6 Å². The largest absolute Gasteiger partial charge is 0.381 e. The molecule has 23 heavy (non-hydrogen) atoms. The predicted molar refractivity (Wildman–Crippen MR) is 92.9 cm³/mol. The first-order valence-corrected chi connectivity index (χ1v) is 8.15. The Morgan fingerprint density at radius 3 is 2.70 bits per heavy atom. The van der Waals surface area contributed by atoms with Gasteiger partial charge in [-0.25, -0.2) is 4.98 Å². The number of aryl methyl sites for hydroxylation is 1. The molecule has 122 valence electrons. The van der Waals surface area contributed by atoms with Crippen molar-refractivity contribution >= 4 is 23.4 Å². The maximum atomic E-state index is 5.96. The molecule has 1 aliphatic rings. The Morgan fingerprint density at radius 1 is 1.26 bits per heavy atom. The van der Waals surface area contributed by atoms with Crippen molar-refractivity contribution in [3.05, 3.63) is 46.6 Å². The normalized spacial score (nSPS) is 17.0. The first-order chi connectivity index (χ1) is 11.1. The third-order valence-corrected chi connectivity index (χ3v) is 4.68. The molecule has 0 aliphatic carbocycles. The Balaban J connectivity index is 1.86. The number of benzene rings is 1. The van der Waals surface area contributed by atoms with E-state index in [2.05, 4.69) is 46.5 Å². The van der Waals surface area contributed by atoms with Crippen molar-refractivity contribution in [2.45, 2.75) is 25.2 Å². The minimum Gasteiger partial charge on any atom is -0.381 e. The average molecular weight is 333 g/mol. The number of nitrogens with zero attached hydrogens (tertiary/aromatic N) is 2. The van der Waals surface area contributed by atoms with E-state index >= 15 is 0 Å². The van der Waals surface area contributed by atoms with Gasteiger partial charge < -0.3 is 15.8 Å². The molecule has 0 bridgehead atoms. The van der Waals surface area contributed by atoms with E-state index in [9.17, 15) is 0 Å². The smallest absolute Gasteiger partial charge is 0.223 e. The van der Waals surface area contributed by atoms with Gasteiger partial charge in [-0.15, -0.1) is 0 Å². The average Bonchev–Trinajstić information content (AvgIpc) is 2.53. The molecule has 0 atom stereocenters. The Morgan fingerprint density at radius 2 is 2.00 bits per heavy atom. The van der Waals surface area contributed by atoms with Crippen LogP contribution in [0.15, 0.2) is 30.3 Å². The molecule has 1 aromatic carbocycles. The number of nitrogen functional groups attached to an aromatic ring is 1. The van der Waals surface area contributed by atoms with Crippen LogP contribution in [0, 0.1) is 6.92 Å². The van der Waals surface area contributed by atoms with Crippen LogP contribution in [0.25, 0.3) is 0 Å². The molecule has 0 spiro atoms. The van der Waals surface area contributed by atoms with Crippen LogP contribution in [0.1, 0.15) is 24.0 Å². The van der Waals surface area contributed by atoms with Gasteiger partial charge in [-0.2, -0.15) is 4.98 Å². The van der Waals surface area contributed by atoms with Crippen molar-refractivity contribution in [3.63, 3.8) is 0 Å². The highest BCUT2D eigenvalue weighted by Gasteiger charge is 2.35. The fourth-order valence-corrected chi connectivity index (χ4v) is 3.45. The third-order valence-electron chi connectivity index (χ3n) is 4.49. The molecule has 2 aromatic rings. The van der Waals surface area contributed by atoms with Gasteiger partial charge in [0.1, 0.15) is 11.0 Å². The Labute approximate surface area is 141 Å². The summed E-state index contributed by atoms with van der Waals surface area (Å²) < 4.78 is 5.58. The van der Waals surface area contributed by atoms with Crippen molar-refractivity contribution in [1.82, 2.24) is 9.97 Å². The van der Waals surface area contributed by atoms with E-state index in [4.69, 9.17) is 22.1 Å². The molecule has 0 unspecified atom stereocenters. The Kier molecular flexibility index (Phi) is 4.68. The van der Waals surface area contributed by atoms with E-state index < -0.39 is 0 Å². The second-order valence-corrected chi connectivity index (χ2v) is 6.38. The van der Waals surface area contributed by atoms with Crippen molar-refractivity contribution in [1.29, 1.82) is 0 Å². The lowest BCUT2D eigenvalue weighted by molar-refractivity contribution is 0.0541. The summed E-state index contributed by atoms with van der Waals surface area (Å²) >= 11 is 5.96. The number of aromatic nitrogens is 2. The summed E-state index contributed by atoms with van der Waals surface area (Å²) in [6.45, 7) is 4.45. The lowest BCUT2D eigenvalue weighted by Gasteiger charge is -2.39. The second-order valence-electron chi connectivity index (χ2n) is 6.00. The number of anilines is 2. The molecular formula is C17H21ClN4O. The number of nitrogens with two attached hydrogens (primary N) is 1. The van der Waals surface area contributed by atoms with Gasteiger partial charge in [0.25, 0.3) is 0 Å². The maximum absolute atomic E-state index is 5.96. The first kappa shape index (κ1) is 16.0. The zero-order valence-electron chi connectivity index (χ0n) is 13.2. The van der Waals surface area contributed by atoms with Crippen LogP contribution in [0.3, 0.4) is 0 Å². The molecule has 2 heterocycles. The van der Waals surface area contributed by atoms with Gasteiger partial charge in [-0.1, -0.05) is 35.9 Å². The lowest BCUT2D eigenvalue weighted by atomic mass is 9.72. The van der Waals surface area contributed by atoms with Crippen LogP contribution in [-0.4, -0.2) is 29.7 Å². The Bertz CT molecular complexity index is 666. The topological polar surface area (TPSA) is 73.1 Å². The highest BCUT2D eigenvalue weighted by atomic mass is 35.5. The molecule has 1 fully saturated rings. The quantitative estimate of drug-likeness (QED) is 0.841. The summed E-state index contributed by atoms with van der Waals surface area (Å²) in [6, 6.07) is 10.2. The van der Waals surface area contributed by atoms with Crippen molar-refractivity contribution < 1.29 is 4.74 Å². The van der Waals surface area contributed by atoms with Gasteiger partial charge in [-0.05, 0) is 30.9 Å². The fraction of sp³-hybridized carbons (Fsp3) is 0.412. The first-order valence-electron chi connectivity index (χ1n) is 7.77. The molecule has 3 N–H and O–H groups in total. The number of nitrogens with one attached hydrogen (secondary N) is 1. The van der Waals surface area contributed by atoms with Crippen molar-refractivity contribution in [2.75, 3.05) is 30.8 Å². The number of rotatable bonds is 4. The van der Waals surface area contributed by atoms with Crippen molar-refractivity contribution in [2.24, 2.45) is 0 Å². The van der Waals surface area contributed by atoms with Gasteiger partial charge in [0.2, 0.25) is 5.95 Å². The molecule has 0 radical (unpaired) electrons. The van der Waals surface area contributed by atoms with Gasteiger partial charge in [0, 0.05) is 31.2 Å². The van der Waals surface area contributed by atoms with Crippen LogP contribution in [0.5, 0.6) is 0 Å². The second kappa shape index (κ2) is 6.72.